The van der Waals surface area contributed by atoms with E-state index in [0.29, 0.717) is 34.2 Å². The summed E-state index contributed by atoms with van der Waals surface area (Å²) in [6, 6.07) is 27.6. The third kappa shape index (κ3) is 5.92. The smallest absolute Gasteiger partial charge is 0.251 e. The van der Waals surface area contributed by atoms with Crippen LogP contribution in [0.25, 0.3) is 11.0 Å². The fourth-order valence-corrected chi connectivity index (χ4v) is 5.27. The number of fused-ring (bicyclic) bond motifs is 2. The van der Waals surface area contributed by atoms with E-state index in [1.165, 1.54) is 0 Å². The number of nitrogens with zero attached hydrogens (tertiary/aromatic N) is 4. The number of rotatable bonds is 9. The topological polar surface area (TPSA) is 98.6 Å². The van der Waals surface area contributed by atoms with Crippen molar-refractivity contribution in [3.05, 3.63) is 113 Å². The van der Waals surface area contributed by atoms with Crippen molar-refractivity contribution in [3.63, 3.8) is 0 Å². The van der Waals surface area contributed by atoms with E-state index in [-0.39, 0.29) is 31.7 Å². The zero-order chi connectivity index (χ0) is 29.9. The van der Waals surface area contributed by atoms with Crippen molar-refractivity contribution in [2.24, 2.45) is 0 Å². The Bertz CT molecular complexity index is 1780. The molecule has 1 aliphatic heterocycles. The quantitative estimate of drug-likeness (QED) is 0.232. The second kappa shape index (κ2) is 12.0. The highest BCUT2D eigenvalue weighted by molar-refractivity contribution is 5.98. The number of carbonyl (C=O) groups excluding carboxylic acids is 2. The zero-order valence-corrected chi connectivity index (χ0v) is 24.4. The zero-order valence-electron chi connectivity index (χ0n) is 24.4. The van der Waals surface area contributed by atoms with Crippen molar-refractivity contribution in [1.29, 1.82) is 0 Å². The molecule has 9 nitrogen and oxygen atoms in total. The molecule has 0 aliphatic carbocycles. The van der Waals surface area contributed by atoms with E-state index < -0.39 is 6.04 Å². The van der Waals surface area contributed by atoms with Crippen LogP contribution in [0, 0.1) is 6.92 Å². The van der Waals surface area contributed by atoms with Gasteiger partial charge in [-0.1, -0.05) is 79.7 Å². The number of aromatic nitrogens is 3. The largest absolute Gasteiger partial charge is 0.454 e. The number of hydrogen-bond acceptors (Lipinski definition) is 6. The number of anilines is 1. The van der Waals surface area contributed by atoms with Gasteiger partial charge in [0.15, 0.2) is 11.5 Å². The van der Waals surface area contributed by atoms with Gasteiger partial charge in [0, 0.05) is 18.3 Å². The Labute approximate surface area is 250 Å². The molecular weight excluding hydrogens is 542 g/mol. The molecule has 1 aromatic heterocycles. The Morgan fingerprint density at radius 2 is 1.63 bits per heavy atom. The maximum Gasteiger partial charge on any atom is 0.251 e. The summed E-state index contributed by atoms with van der Waals surface area (Å²) in [5, 5.41) is 11.5. The molecule has 6 rings (SSSR count). The summed E-state index contributed by atoms with van der Waals surface area (Å²) in [6.07, 6.45) is 0. The first-order chi connectivity index (χ1) is 20.9. The van der Waals surface area contributed by atoms with Crippen LogP contribution in [0.2, 0.25) is 0 Å². The number of amides is 2. The normalized spacial score (nSPS) is 12.8. The van der Waals surface area contributed by atoms with Crippen LogP contribution in [0.5, 0.6) is 11.5 Å². The minimum absolute atomic E-state index is 0.0791. The molecule has 0 radical (unpaired) electrons. The standard InChI is InChI=1S/C34H33N5O4/c1-22(2)24-12-14-25(15-13-24)33(34(41)35-27-16-17-30-31(18-27)43-21-42-30)38(19-26-9-5-4-8-23(26)3)32(40)20-39-29-11-7-6-10-28(29)36-37-39/h4-18,22,33H,19-21H2,1-3H3,(H,35,41)/t33-/m0/s1. The van der Waals surface area contributed by atoms with Gasteiger partial charge in [-0.2, -0.15) is 0 Å². The molecule has 0 bridgehead atoms. The summed E-state index contributed by atoms with van der Waals surface area (Å²) in [6.45, 7) is 6.52. The predicted molar refractivity (Wildman–Crippen MR) is 164 cm³/mol. The number of nitrogens with one attached hydrogen (secondary N) is 1. The minimum Gasteiger partial charge on any atom is -0.454 e. The SMILES string of the molecule is Cc1ccccc1CN(C(=O)Cn1nnc2ccccc21)[C@H](C(=O)Nc1ccc2c(c1)OCO2)c1ccc(C(C)C)cc1. The van der Waals surface area contributed by atoms with Crippen LogP contribution in [0.15, 0.2) is 91.0 Å². The van der Waals surface area contributed by atoms with E-state index >= 15 is 0 Å². The highest BCUT2D eigenvalue weighted by atomic mass is 16.7. The highest BCUT2D eigenvalue weighted by Gasteiger charge is 2.33. The third-order valence-electron chi connectivity index (χ3n) is 7.75. The van der Waals surface area contributed by atoms with Gasteiger partial charge in [-0.25, -0.2) is 4.68 Å². The number of hydrogen-bond donors (Lipinski definition) is 1. The summed E-state index contributed by atoms with van der Waals surface area (Å²) in [5.74, 6) is 0.885. The fraction of sp³-hybridized carbons (Fsp3) is 0.235. The molecule has 0 unspecified atom stereocenters. The first-order valence-electron chi connectivity index (χ1n) is 14.3. The second-order valence-corrected chi connectivity index (χ2v) is 11.0. The molecule has 1 aliphatic rings. The van der Waals surface area contributed by atoms with E-state index in [0.717, 1.165) is 22.2 Å². The van der Waals surface area contributed by atoms with Gasteiger partial charge < -0.3 is 19.7 Å². The van der Waals surface area contributed by atoms with Crippen LogP contribution >= 0.6 is 0 Å². The lowest BCUT2D eigenvalue weighted by molar-refractivity contribution is -0.140. The summed E-state index contributed by atoms with van der Waals surface area (Å²) in [7, 11) is 0. The molecule has 43 heavy (non-hydrogen) atoms. The number of aryl methyl sites for hydroxylation is 1. The predicted octanol–water partition coefficient (Wildman–Crippen LogP) is 6.00. The van der Waals surface area contributed by atoms with Crippen LogP contribution in [0.4, 0.5) is 5.69 Å². The summed E-state index contributed by atoms with van der Waals surface area (Å²) >= 11 is 0. The summed E-state index contributed by atoms with van der Waals surface area (Å²) in [5.41, 5.74) is 5.80. The van der Waals surface area contributed by atoms with Gasteiger partial charge in [-0.05, 0) is 59.4 Å². The van der Waals surface area contributed by atoms with Crippen molar-refractivity contribution < 1.29 is 19.1 Å². The maximum absolute atomic E-state index is 14.3. The van der Waals surface area contributed by atoms with Gasteiger partial charge in [0.1, 0.15) is 18.1 Å². The fourth-order valence-electron chi connectivity index (χ4n) is 5.27. The molecule has 218 valence electrons. The molecule has 4 aromatic carbocycles. The van der Waals surface area contributed by atoms with Crippen molar-refractivity contribution >= 4 is 28.5 Å². The minimum atomic E-state index is -0.937. The molecule has 2 amide bonds. The van der Waals surface area contributed by atoms with Gasteiger partial charge in [0.05, 0.1) is 5.52 Å². The number of benzene rings is 4. The Balaban J connectivity index is 1.40. The highest BCUT2D eigenvalue weighted by Crippen LogP contribution is 2.35. The van der Waals surface area contributed by atoms with Crippen molar-refractivity contribution in [1.82, 2.24) is 19.9 Å². The Hall–Kier alpha value is -5.18. The summed E-state index contributed by atoms with van der Waals surface area (Å²) < 4.78 is 12.5. The van der Waals surface area contributed by atoms with Gasteiger partial charge in [0.25, 0.3) is 5.91 Å². The molecule has 0 saturated carbocycles. The van der Waals surface area contributed by atoms with Gasteiger partial charge in [0.2, 0.25) is 12.7 Å². The first kappa shape index (κ1) is 28.0. The van der Waals surface area contributed by atoms with Crippen molar-refractivity contribution in [2.75, 3.05) is 12.1 Å². The number of para-hydroxylation sites is 1. The average molecular weight is 576 g/mol. The van der Waals surface area contributed by atoms with Crippen LogP contribution < -0.4 is 14.8 Å². The van der Waals surface area contributed by atoms with E-state index in [1.54, 1.807) is 27.8 Å². The molecule has 1 atom stereocenters. The van der Waals surface area contributed by atoms with E-state index in [9.17, 15) is 9.59 Å². The number of ether oxygens (including phenoxy) is 2. The maximum atomic E-state index is 14.3. The van der Waals surface area contributed by atoms with Crippen LogP contribution in [-0.2, 0) is 22.7 Å². The molecule has 0 saturated heterocycles. The van der Waals surface area contributed by atoms with Gasteiger partial charge in [-0.3, -0.25) is 9.59 Å². The third-order valence-corrected chi connectivity index (χ3v) is 7.75. The van der Waals surface area contributed by atoms with Crippen LogP contribution in [-0.4, -0.2) is 38.5 Å². The lowest BCUT2D eigenvalue weighted by atomic mass is 9.97. The lowest BCUT2D eigenvalue weighted by Gasteiger charge is -2.32. The van der Waals surface area contributed by atoms with Gasteiger partial charge >= 0.3 is 0 Å². The lowest BCUT2D eigenvalue weighted by Crippen LogP contribution is -2.42. The average Bonchev–Trinajstić information content (AvgIpc) is 3.65. The van der Waals surface area contributed by atoms with Crippen molar-refractivity contribution in [3.8, 4) is 11.5 Å². The first-order valence-corrected chi connectivity index (χ1v) is 14.3. The molecular formula is C34H33N5O4. The van der Waals surface area contributed by atoms with E-state index in [2.05, 4.69) is 29.5 Å². The van der Waals surface area contributed by atoms with Gasteiger partial charge in [-0.15, -0.1) is 5.10 Å². The molecule has 1 N–H and O–H groups in total. The number of carbonyl (C=O) groups is 2. The summed E-state index contributed by atoms with van der Waals surface area (Å²) in [4.78, 5) is 30.2. The van der Waals surface area contributed by atoms with Crippen LogP contribution in [0.1, 0.15) is 48.1 Å². The Kier molecular flexibility index (Phi) is 7.79. The van der Waals surface area contributed by atoms with E-state index in [1.807, 2.05) is 79.7 Å². The molecule has 9 heteroatoms. The monoisotopic (exact) mass is 575 g/mol. The van der Waals surface area contributed by atoms with Crippen LogP contribution in [0.3, 0.4) is 0 Å². The molecule has 0 spiro atoms. The molecule has 0 fully saturated rings. The molecule has 2 heterocycles. The molecule has 5 aromatic rings. The van der Waals surface area contributed by atoms with Crippen molar-refractivity contribution in [2.45, 2.75) is 45.8 Å². The second-order valence-electron chi connectivity index (χ2n) is 11.0. The van der Waals surface area contributed by atoms with E-state index in [4.69, 9.17) is 9.47 Å². The Morgan fingerprint density at radius 3 is 2.42 bits per heavy atom. The Morgan fingerprint density at radius 1 is 0.907 bits per heavy atom.